The molecule has 0 bridgehead atoms. The number of pyridine rings is 1. The van der Waals surface area contributed by atoms with Gasteiger partial charge in [-0.25, -0.2) is 13.8 Å². The number of halogens is 2. The second kappa shape index (κ2) is 7.62. The van der Waals surface area contributed by atoms with Gasteiger partial charge in [0.05, 0.1) is 10.4 Å². The summed E-state index contributed by atoms with van der Waals surface area (Å²) in [4.78, 5) is 9.09. The molecule has 2 N–H and O–H groups in total. The Morgan fingerprint density at radius 1 is 0.969 bits per heavy atom. The number of thiazole rings is 1. The molecule has 2 aromatic carbocycles. The molecule has 1 atom stereocenters. The van der Waals surface area contributed by atoms with Crippen molar-refractivity contribution in [3.05, 3.63) is 76.5 Å². The molecule has 3 nitrogen and oxygen atoms in total. The first kappa shape index (κ1) is 19.8. The van der Waals surface area contributed by atoms with E-state index in [2.05, 4.69) is 11.1 Å². The maximum Gasteiger partial charge on any atom is 0.181 e. The van der Waals surface area contributed by atoms with Gasteiger partial charge in [-0.15, -0.1) is 0 Å². The summed E-state index contributed by atoms with van der Waals surface area (Å²) in [7, 11) is 0. The molecule has 32 heavy (non-hydrogen) atoms. The highest BCUT2D eigenvalue weighted by Gasteiger charge is 2.37. The van der Waals surface area contributed by atoms with Crippen LogP contribution in [0.1, 0.15) is 47.6 Å². The van der Waals surface area contributed by atoms with Crippen molar-refractivity contribution in [1.82, 2.24) is 9.97 Å². The van der Waals surface area contributed by atoms with E-state index in [1.54, 1.807) is 6.07 Å². The summed E-state index contributed by atoms with van der Waals surface area (Å²) in [6, 6.07) is 12.5. The lowest BCUT2D eigenvalue weighted by Crippen LogP contribution is -2.03. The smallest absolute Gasteiger partial charge is 0.181 e. The van der Waals surface area contributed by atoms with E-state index in [0.717, 1.165) is 46.0 Å². The van der Waals surface area contributed by atoms with Crippen LogP contribution in [0.2, 0.25) is 0 Å². The van der Waals surface area contributed by atoms with Gasteiger partial charge < -0.3 is 5.73 Å². The molecule has 2 aliphatic rings. The molecule has 162 valence electrons. The highest BCUT2D eigenvalue weighted by Crippen LogP contribution is 2.51. The Hall–Kier alpha value is -2.86. The Morgan fingerprint density at radius 2 is 1.78 bits per heavy atom. The van der Waals surface area contributed by atoms with E-state index in [4.69, 9.17) is 10.7 Å². The van der Waals surface area contributed by atoms with Gasteiger partial charge in [-0.3, -0.25) is 4.98 Å². The molecule has 0 spiro atoms. The minimum Gasteiger partial charge on any atom is -0.375 e. The van der Waals surface area contributed by atoms with Crippen LogP contribution in [-0.4, -0.2) is 9.97 Å². The number of anilines is 1. The van der Waals surface area contributed by atoms with E-state index in [1.807, 2.05) is 18.2 Å². The van der Waals surface area contributed by atoms with E-state index in [-0.39, 0.29) is 11.6 Å². The summed E-state index contributed by atoms with van der Waals surface area (Å²) in [6.07, 6.45) is 6.24. The van der Waals surface area contributed by atoms with Crippen molar-refractivity contribution >= 4 is 26.7 Å². The minimum atomic E-state index is -0.326. The molecule has 6 heteroatoms. The van der Waals surface area contributed by atoms with Gasteiger partial charge in [0.25, 0.3) is 0 Å². The largest absolute Gasteiger partial charge is 0.375 e. The fourth-order valence-electron chi connectivity index (χ4n) is 5.13. The lowest BCUT2D eigenvalue weighted by atomic mass is 9.93. The van der Waals surface area contributed by atoms with Crippen molar-refractivity contribution in [3.8, 4) is 11.3 Å². The number of hydrogen-bond acceptors (Lipinski definition) is 4. The molecule has 2 aromatic heterocycles. The molecule has 0 aliphatic heterocycles. The third-order valence-corrected chi connectivity index (χ3v) is 7.65. The summed E-state index contributed by atoms with van der Waals surface area (Å²) in [5, 5.41) is 0.381. The second-order valence-corrected chi connectivity index (χ2v) is 10.1. The number of hydrogen-bond donors (Lipinski definition) is 1. The molecule has 0 amide bonds. The number of aryl methyl sites for hydroxylation is 2. The first-order valence-electron chi connectivity index (χ1n) is 11.2. The first-order chi connectivity index (χ1) is 15.5. The van der Waals surface area contributed by atoms with Crippen molar-refractivity contribution in [3.63, 3.8) is 0 Å². The highest BCUT2D eigenvalue weighted by atomic mass is 32.1. The van der Waals surface area contributed by atoms with Crippen molar-refractivity contribution in [2.75, 3.05) is 5.73 Å². The third-order valence-electron chi connectivity index (χ3n) is 6.82. The standard InChI is InChI=1S/C26H23F2N3S/c27-17-6-4-16(5-7-17)24-20-10-9-19(15-2-3-15)21(20)13-18(30-24)8-1-14-11-22(28)25-23(12-14)32-26(29)31-25/h4-7,11-13,15,19H,1-3,8-10H2,(H2,29,31). The fourth-order valence-corrected chi connectivity index (χ4v) is 5.95. The van der Waals surface area contributed by atoms with Gasteiger partial charge in [0.1, 0.15) is 11.3 Å². The van der Waals surface area contributed by atoms with Crippen LogP contribution in [0.5, 0.6) is 0 Å². The molecule has 1 unspecified atom stereocenters. The zero-order valence-electron chi connectivity index (χ0n) is 17.6. The van der Waals surface area contributed by atoms with Crippen LogP contribution in [0.15, 0.2) is 42.5 Å². The van der Waals surface area contributed by atoms with Crippen LogP contribution in [0.3, 0.4) is 0 Å². The maximum absolute atomic E-state index is 14.5. The van der Waals surface area contributed by atoms with Gasteiger partial charge in [-0.05, 0) is 110 Å². The first-order valence-corrected chi connectivity index (χ1v) is 12.0. The predicted octanol–water partition coefficient (Wildman–Crippen LogP) is 6.44. The van der Waals surface area contributed by atoms with Gasteiger partial charge >= 0.3 is 0 Å². The van der Waals surface area contributed by atoms with Gasteiger partial charge in [0.15, 0.2) is 10.9 Å². The summed E-state index contributed by atoms with van der Waals surface area (Å²) < 4.78 is 28.8. The summed E-state index contributed by atoms with van der Waals surface area (Å²) in [5.41, 5.74) is 12.7. The van der Waals surface area contributed by atoms with E-state index in [0.29, 0.717) is 23.0 Å². The quantitative estimate of drug-likeness (QED) is 0.383. The molecule has 0 radical (unpaired) electrons. The van der Waals surface area contributed by atoms with Gasteiger partial charge in [-0.1, -0.05) is 11.3 Å². The number of nitrogens with two attached hydrogens (primary N) is 1. The summed E-state index contributed by atoms with van der Waals surface area (Å²) in [6.45, 7) is 0. The molecule has 2 heterocycles. The van der Waals surface area contributed by atoms with Crippen LogP contribution in [0.4, 0.5) is 13.9 Å². The molecule has 1 fully saturated rings. The molecular weight excluding hydrogens is 424 g/mol. The van der Waals surface area contributed by atoms with E-state index < -0.39 is 0 Å². The lowest BCUT2D eigenvalue weighted by molar-refractivity contribution is 0.600. The minimum absolute atomic E-state index is 0.237. The second-order valence-electron chi connectivity index (χ2n) is 9.00. The molecule has 2 aliphatic carbocycles. The highest BCUT2D eigenvalue weighted by molar-refractivity contribution is 7.22. The fraction of sp³-hybridized carbons (Fsp3) is 0.308. The SMILES string of the molecule is Nc1nc2c(F)cc(CCc3cc4c(c(-c5ccc(F)cc5)n3)CCC4C3CC3)cc2s1. The van der Waals surface area contributed by atoms with Crippen LogP contribution in [0.25, 0.3) is 21.5 Å². The van der Waals surface area contributed by atoms with Crippen LogP contribution < -0.4 is 5.73 Å². The average Bonchev–Trinajstić information content (AvgIpc) is 3.41. The average molecular weight is 448 g/mol. The van der Waals surface area contributed by atoms with Gasteiger partial charge in [0.2, 0.25) is 0 Å². The van der Waals surface area contributed by atoms with Crippen LogP contribution in [0, 0.1) is 17.6 Å². The molecule has 1 saturated carbocycles. The Morgan fingerprint density at radius 3 is 2.56 bits per heavy atom. The number of aromatic nitrogens is 2. The molecule has 0 saturated heterocycles. The Bertz CT molecular complexity index is 1330. The number of nitrogens with zero attached hydrogens (tertiary/aromatic N) is 2. The Balaban J connectivity index is 1.35. The van der Waals surface area contributed by atoms with E-state index >= 15 is 0 Å². The molecule has 6 rings (SSSR count). The monoisotopic (exact) mass is 447 g/mol. The topological polar surface area (TPSA) is 51.8 Å². The van der Waals surface area contributed by atoms with Crippen molar-refractivity contribution in [2.24, 2.45) is 5.92 Å². The number of nitrogen functional groups attached to an aromatic ring is 1. The van der Waals surface area contributed by atoms with E-state index in [9.17, 15) is 8.78 Å². The summed E-state index contributed by atoms with van der Waals surface area (Å²) in [5.74, 6) is 0.840. The zero-order valence-corrected chi connectivity index (χ0v) is 18.4. The van der Waals surface area contributed by atoms with Gasteiger partial charge in [0, 0.05) is 11.3 Å². The number of benzene rings is 2. The van der Waals surface area contributed by atoms with Gasteiger partial charge in [-0.2, -0.15) is 0 Å². The van der Waals surface area contributed by atoms with Crippen LogP contribution >= 0.6 is 11.3 Å². The third kappa shape index (κ3) is 3.56. The molecule has 4 aromatic rings. The predicted molar refractivity (Wildman–Crippen MR) is 125 cm³/mol. The number of fused-ring (bicyclic) bond motifs is 2. The Kier molecular flexibility index (Phi) is 4.72. The summed E-state index contributed by atoms with van der Waals surface area (Å²) >= 11 is 1.31. The van der Waals surface area contributed by atoms with Crippen molar-refractivity contribution in [2.45, 2.75) is 44.4 Å². The molecular formula is C26H23F2N3S. The number of rotatable bonds is 5. The van der Waals surface area contributed by atoms with E-state index in [1.165, 1.54) is 53.9 Å². The van der Waals surface area contributed by atoms with Crippen molar-refractivity contribution in [1.29, 1.82) is 0 Å². The maximum atomic E-state index is 14.5. The van der Waals surface area contributed by atoms with Crippen molar-refractivity contribution < 1.29 is 8.78 Å². The zero-order chi connectivity index (χ0) is 21.8. The van der Waals surface area contributed by atoms with Crippen LogP contribution in [-0.2, 0) is 19.3 Å². The normalized spacial score (nSPS) is 17.8. The Labute approximate surface area is 189 Å². The lowest BCUT2D eigenvalue weighted by Gasteiger charge is -2.15.